The lowest BCUT2D eigenvalue weighted by molar-refractivity contribution is -0.124. The Labute approximate surface area is 139 Å². The normalized spacial score (nSPS) is 11.6. The summed E-state index contributed by atoms with van der Waals surface area (Å²) in [7, 11) is 1.60. The minimum Gasteiger partial charge on any atom is -0.497 e. The van der Waals surface area contributed by atoms with E-state index in [1.54, 1.807) is 13.2 Å². The standard InChI is InChI=1S/C17H19NO4S/c1-11-4-9-15(23-11)17(20)22-10-16(19)18-12(2)13-5-7-14(21-3)8-6-13/h4-9,12H,10H2,1-3H3,(H,18,19)/t12-/m0/s1. The number of ether oxygens (including phenoxy) is 2. The van der Waals surface area contributed by atoms with Gasteiger partial charge in [0.1, 0.15) is 10.6 Å². The van der Waals surface area contributed by atoms with E-state index in [9.17, 15) is 9.59 Å². The first-order valence-corrected chi connectivity index (χ1v) is 7.98. The molecular formula is C17H19NO4S. The molecule has 2 aromatic rings. The number of carbonyl (C=O) groups excluding carboxylic acids is 2. The van der Waals surface area contributed by atoms with Gasteiger partial charge in [-0.3, -0.25) is 4.79 Å². The molecule has 0 fully saturated rings. The number of methoxy groups -OCH3 is 1. The molecule has 0 aliphatic carbocycles. The molecule has 23 heavy (non-hydrogen) atoms. The lowest BCUT2D eigenvalue weighted by atomic mass is 10.1. The van der Waals surface area contributed by atoms with Crippen LogP contribution in [0, 0.1) is 6.92 Å². The molecule has 1 N–H and O–H groups in total. The molecule has 1 amide bonds. The van der Waals surface area contributed by atoms with E-state index >= 15 is 0 Å². The van der Waals surface area contributed by atoms with E-state index in [1.165, 1.54) is 11.3 Å². The van der Waals surface area contributed by atoms with E-state index in [2.05, 4.69) is 5.32 Å². The van der Waals surface area contributed by atoms with E-state index in [0.29, 0.717) is 4.88 Å². The summed E-state index contributed by atoms with van der Waals surface area (Å²) < 4.78 is 10.1. The minimum absolute atomic E-state index is 0.184. The lowest BCUT2D eigenvalue weighted by Gasteiger charge is -2.14. The molecular weight excluding hydrogens is 314 g/mol. The first kappa shape index (κ1) is 17.0. The molecule has 2 rings (SSSR count). The van der Waals surface area contributed by atoms with Crippen molar-refractivity contribution in [3.8, 4) is 5.75 Å². The maximum Gasteiger partial charge on any atom is 0.348 e. The molecule has 0 aliphatic rings. The van der Waals surface area contributed by atoms with Gasteiger partial charge in [0.2, 0.25) is 0 Å². The van der Waals surface area contributed by atoms with Crippen LogP contribution in [-0.4, -0.2) is 25.6 Å². The molecule has 1 heterocycles. The molecule has 0 saturated heterocycles. The lowest BCUT2D eigenvalue weighted by Crippen LogP contribution is -2.31. The summed E-state index contributed by atoms with van der Waals surface area (Å²) in [6.45, 7) is 3.48. The number of nitrogens with one attached hydrogen (secondary N) is 1. The van der Waals surface area contributed by atoms with Crippen LogP contribution in [0.1, 0.15) is 33.1 Å². The summed E-state index contributed by atoms with van der Waals surface area (Å²) in [4.78, 5) is 25.2. The largest absolute Gasteiger partial charge is 0.497 e. The van der Waals surface area contributed by atoms with Crippen LogP contribution in [-0.2, 0) is 9.53 Å². The molecule has 0 saturated carbocycles. The first-order chi connectivity index (χ1) is 11.0. The van der Waals surface area contributed by atoms with E-state index in [0.717, 1.165) is 16.2 Å². The average Bonchev–Trinajstić information content (AvgIpc) is 2.99. The highest BCUT2D eigenvalue weighted by Crippen LogP contribution is 2.18. The van der Waals surface area contributed by atoms with Crippen LogP contribution in [0.3, 0.4) is 0 Å². The Morgan fingerprint density at radius 2 is 1.87 bits per heavy atom. The van der Waals surface area contributed by atoms with Crippen molar-refractivity contribution in [1.82, 2.24) is 5.32 Å². The Morgan fingerprint density at radius 1 is 1.17 bits per heavy atom. The van der Waals surface area contributed by atoms with Gasteiger partial charge in [-0.05, 0) is 43.7 Å². The van der Waals surface area contributed by atoms with Crippen molar-refractivity contribution in [2.45, 2.75) is 19.9 Å². The van der Waals surface area contributed by atoms with Gasteiger partial charge in [-0.15, -0.1) is 11.3 Å². The predicted octanol–water partition coefficient (Wildman–Crippen LogP) is 3.10. The molecule has 0 bridgehead atoms. The fourth-order valence-corrected chi connectivity index (χ4v) is 2.77. The Balaban J connectivity index is 1.82. The third kappa shape index (κ3) is 4.82. The van der Waals surface area contributed by atoms with Gasteiger partial charge >= 0.3 is 5.97 Å². The number of esters is 1. The van der Waals surface area contributed by atoms with Gasteiger partial charge in [-0.2, -0.15) is 0 Å². The number of amides is 1. The zero-order valence-electron chi connectivity index (χ0n) is 13.3. The summed E-state index contributed by atoms with van der Waals surface area (Å²) in [5, 5.41) is 2.79. The molecule has 0 radical (unpaired) electrons. The quantitative estimate of drug-likeness (QED) is 0.825. The van der Waals surface area contributed by atoms with Crippen molar-refractivity contribution in [1.29, 1.82) is 0 Å². The van der Waals surface area contributed by atoms with Crippen molar-refractivity contribution < 1.29 is 19.1 Å². The second-order valence-electron chi connectivity index (χ2n) is 5.05. The Morgan fingerprint density at radius 3 is 2.43 bits per heavy atom. The zero-order chi connectivity index (χ0) is 16.8. The smallest absolute Gasteiger partial charge is 0.348 e. The van der Waals surface area contributed by atoms with Gasteiger partial charge in [0, 0.05) is 4.88 Å². The average molecular weight is 333 g/mol. The van der Waals surface area contributed by atoms with Crippen LogP contribution in [0.4, 0.5) is 0 Å². The number of aryl methyl sites for hydroxylation is 1. The summed E-state index contributed by atoms with van der Waals surface area (Å²) in [5.74, 6) is -0.0576. The molecule has 0 aliphatic heterocycles. The maximum absolute atomic E-state index is 11.9. The predicted molar refractivity (Wildman–Crippen MR) is 88.9 cm³/mol. The Kier molecular flexibility index (Phi) is 5.76. The number of carbonyl (C=O) groups is 2. The van der Waals surface area contributed by atoms with Gasteiger partial charge in [-0.1, -0.05) is 12.1 Å². The molecule has 122 valence electrons. The summed E-state index contributed by atoms with van der Waals surface area (Å²) in [6, 6.07) is 10.8. The van der Waals surface area contributed by atoms with Gasteiger partial charge < -0.3 is 14.8 Å². The van der Waals surface area contributed by atoms with Crippen LogP contribution < -0.4 is 10.1 Å². The van der Waals surface area contributed by atoms with Gasteiger partial charge in [0.15, 0.2) is 6.61 Å². The van der Waals surface area contributed by atoms with Crippen LogP contribution in [0.25, 0.3) is 0 Å². The van der Waals surface area contributed by atoms with Crippen molar-refractivity contribution in [2.75, 3.05) is 13.7 Å². The van der Waals surface area contributed by atoms with E-state index in [1.807, 2.05) is 44.2 Å². The number of hydrogen-bond donors (Lipinski definition) is 1. The van der Waals surface area contributed by atoms with Crippen LogP contribution in [0.15, 0.2) is 36.4 Å². The van der Waals surface area contributed by atoms with Crippen molar-refractivity contribution in [3.05, 3.63) is 51.7 Å². The molecule has 0 unspecified atom stereocenters. The van der Waals surface area contributed by atoms with Crippen molar-refractivity contribution in [3.63, 3.8) is 0 Å². The maximum atomic E-state index is 11.9. The summed E-state index contributed by atoms with van der Waals surface area (Å²) in [5.41, 5.74) is 0.944. The number of thiophene rings is 1. The van der Waals surface area contributed by atoms with Gasteiger partial charge in [0.25, 0.3) is 5.91 Å². The van der Waals surface area contributed by atoms with Crippen LogP contribution in [0.5, 0.6) is 5.75 Å². The highest BCUT2D eigenvalue weighted by Gasteiger charge is 2.14. The third-order valence-corrected chi connectivity index (χ3v) is 4.25. The second kappa shape index (κ2) is 7.78. The van der Waals surface area contributed by atoms with E-state index in [-0.39, 0.29) is 18.6 Å². The second-order valence-corrected chi connectivity index (χ2v) is 6.34. The molecule has 5 nitrogen and oxygen atoms in total. The highest BCUT2D eigenvalue weighted by molar-refractivity contribution is 7.13. The van der Waals surface area contributed by atoms with Crippen LogP contribution >= 0.6 is 11.3 Å². The fraction of sp³-hybridized carbons (Fsp3) is 0.294. The fourth-order valence-electron chi connectivity index (χ4n) is 2.01. The van der Waals surface area contributed by atoms with E-state index < -0.39 is 5.97 Å². The zero-order valence-corrected chi connectivity index (χ0v) is 14.1. The molecule has 0 spiro atoms. The number of hydrogen-bond acceptors (Lipinski definition) is 5. The van der Waals surface area contributed by atoms with Crippen LogP contribution in [0.2, 0.25) is 0 Å². The topological polar surface area (TPSA) is 64.6 Å². The van der Waals surface area contributed by atoms with Crippen molar-refractivity contribution in [2.24, 2.45) is 0 Å². The first-order valence-electron chi connectivity index (χ1n) is 7.16. The van der Waals surface area contributed by atoms with E-state index in [4.69, 9.17) is 9.47 Å². The molecule has 1 aromatic carbocycles. The summed E-state index contributed by atoms with van der Waals surface area (Å²) >= 11 is 1.34. The van der Waals surface area contributed by atoms with Gasteiger partial charge in [0.05, 0.1) is 13.2 Å². The van der Waals surface area contributed by atoms with Crippen molar-refractivity contribution >= 4 is 23.2 Å². The third-order valence-electron chi connectivity index (χ3n) is 3.27. The Hall–Kier alpha value is -2.34. The SMILES string of the molecule is COc1ccc([C@H](C)NC(=O)COC(=O)c2ccc(C)s2)cc1. The van der Waals surface area contributed by atoms with Gasteiger partial charge in [-0.25, -0.2) is 4.79 Å². The highest BCUT2D eigenvalue weighted by atomic mass is 32.1. The molecule has 6 heteroatoms. The number of rotatable bonds is 6. The minimum atomic E-state index is -0.477. The number of benzene rings is 1. The summed E-state index contributed by atoms with van der Waals surface area (Å²) in [6.07, 6.45) is 0. The Bertz CT molecular complexity index is 678. The molecule has 1 atom stereocenters. The molecule has 1 aromatic heterocycles. The monoisotopic (exact) mass is 333 g/mol.